The van der Waals surface area contributed by atoms with E-state index in [2.05, 4.69) is 31.8 Å². The second kappa shape index (κ2) is 7.90. The molecule has 1 amide bonds. The molecule has 1 aliphatic heterocycles. The molecule has 4 aromatic rings. The normalized spacial score (nSPS) is 17.1. The van der Waals surface area contributed by atoms with Gasteiger partial charge in [0.2, 0.25) is 0 Å². The van der Waals surface area contributed by atoms with Crippen molar-refractivity contribution in [2.75, 3.05) is 5.32 Å². The summed E-state index contributed by atoms with van der Waals surface area (Å²) in [4.78, 5) is 26.6. The van der Waals surface area contributed by atoms with Crippen LogP contribution in [0.1, 0.15) is 53.0 Å². The van der Waals surface area contributed by atoms with Crippen LogP contribution in [0, 0.1) is 18.7 Å². The van der Waals surface area contributed by atoms with E-state index in [1.54, 1.807) is 18.5 Å². The molecule has 0 saturated heterocycles. The highest BCUT2D eigenvalue weighted by atomic mass is 19.1. The van der Waals surface area contributed by atoms with E-state index in [9.17, 15) is 9.18 Å². The fourth-order valence-corrected chi connectivity index (χ4v) is 4.70. The van der Waals surface area contributed by atoms with Gasteiger partial charge in [-0.3, -0.25) is 4.79 Å². The zero-order valence-electron chi connectivity index (χ0n) is 19.1. The molecule has 6 rings (SSSR count). The van der Waals surface area contributed by atoms with Gasteiger partial charge in [-0.2, -0.15) is 0 Å². The monoisotopic (exact) mass is 456 g/mol. The van der Waals surface area contributed by atoms with Gasteiger partial charge in [-0.25, -0.2) is 19.3 Å². The number of carbonyl (C=O) groups excluding carboxylic acids is 1. The van der Waals surface area contributed by atoms with E-state index in [0.717, 1.165) is 48.6 Å². The van der Waals surface area contributed by atoms with E-state index < -0.39 is 11.7 Å². The molecule has 1 N–H and O–H groups in total. The number of hydrogen-bond acceptors (Lipinski definition) is 4. The van der Waals surface area contributed by atoms with Crippen LogP contribution in [0.25, 0.3) is 17.2 Å². The Kier molecular flexibility index (Phi) is 4.83. The number of imidazole rings is 2. The van der Waals surface area contributed by atoms with E-state index in [1.807, 2.05) is 36.0 Å². The van der Waals surface area contributed by atoms with Crippen molar-refractivity contribution >= 4 is 11.7 Å². The largest absolute Gasteiger partial charge is 0.327 e. The number of nitrogens with zero attached hydrogens (tertiary/aromatic N) is 5. The van der Waals surface area contributed by atoms with Crippen LogP contribution < -0.4 is 5.32 Å². The molecular weight excluding hydrogens is 431 g/mol. The molecule has 1 aromatic carbocycles. The van der Waals surface area contributed by atoms with Gasteiger partial charge in [-0.15, -0.1) is 0 Å². The highest BCUT2D eigenvalue weighted by Crippen LogP contribution is 2.39. The van der Waals surface area contributed by atoms with Crippen LogP contribution in [-0.4, -0.2) is 30.0 Å². The Hall–Kier alpha value is -3.81. The van der Waals surface area contributed by atoms with Gasteiger partial charge < -0.3 is 14.5 Å². The van der Waals surface area contributed by atoms with E-state index in [0.29, 0.717) is 23.3 Å². The maximum Gasteiger partial charge on any atom is 0.259 e. The van der Waals surface area contributed by atoms with Crippen molar-refractivity contribution < 1.29 is 9.18 Å². The lowest BCUT2D eigenvalue weighted by Crippen LogP contribution is -2.16. The minimum Gasteiger partial charge on any atom is -0.327 e. The molecule has 2 aliphatic rings. The van der Waals surface area contributed by atoms with Crippen LogP contribution in [0.15, 0.2) is 49.1 Å². The number of hydrogen-bond donors (Lipinski definition) is 1. The van der Waals surface area contributed by atoms with Gasteiger partial charge in [0.15, 0.2) is 5.82 Å². The van der Waals surface area contributed by atoms with Gasteiger partial charge in [-0.1, -0.05) is 13.0 Å². The number of aromatic nitrogens is 5. The second-order valence-corrected chi connectivity index (χ2v) is 9.45. The van der Waals surface area contributed by atoms with E-state index in [4.69, 9.17) is 0 Å². The number of nitrogens with one attached hydrogen (secondary N) is 1. The minimum absolute atomic E-state index is 0.0370. The average molecular weight is 457 g/mol. The molecule has 0 bridgehead atoms. The molecular formula is C26H25FN6O. The van der Waals surface area contributed by atoms with Crippen molar-refractivity contribution in [1.29, 1.82) is 0 Å². The molecule has 7 nitrogen and oxygen atoms in total. The summed E-state index contributed by atoms with van der Waals surface area (Å²) in [6.07, 6.45) is 8.88. The Bertz CT molecular complexity index is 1420. The van der Waals surface area contributed by atoms with E-state index >= 15 is 0 Å². The van der Waals surface area contributed by atoms with Crippen molar-refractivity contribution in [2.45, 2.75) is 45.6 Å². The molecule has 1 saturated carbocycles. The second-order valence-electron chi connectivity index (χ2n) is 9.45. The van der Waals surface area contributed by atoms with Crippen molar-refractivity contribution in [3.8, 4) is 17.2 Å². The highest BCUT2D eigenvalue weighted by molar-refractivity contribution is 6.04. The number of fused-ring (bicyclic) bond motifs is 1. The maximum atomic E-state index is 14.8. The molecule has 34 heavy (non-hydrogen) atoms. The predicted octanol–water partition coefficient (Wildman–Crippen LogP) is 4.90. The number of benzene rings is 1. The number of carbonyl (C=O) groups is 1. The first-order valence-corrected chi connectivity index (χ1v) is 11.6. The molecule has 3 aromatic heterocycles. The lowest BCUT2D eigenvalue weighted by molar-refractivity contribution is 0.102. The quantitative estimate of drug-likeness (QED) is 0.463. The molecule has 8 heteroatoms. The number of anilines is 1. The third-order valence-corrected chi connectivity index (χ3v) is 6.62. The summed E-state index contributed by atoms with van der Waals surface area (Å²) in [5, 5.41) is 2.76. The van der Waals surface area contributed by atoms with Crippen molar-refractivity contribution in [3.63, 3.8) is 0 Å². The molecule has 0 spiro atoms. The molecule has 1 unspecified atom stereocenters. The summed E-state index contributed by atoms with van der Waals surface area (Å²) in [5.41, 5.74) is 4.33. The minimum atomic E-state index is -0.572. The van der Waals surface area contributed by atoms with Gasteiger partial charge >= 0.3 is 0 Å². The smallest absolute Gasteiger partial charge is 0.259 e. The van der Waals surface area contributed by atoms with Gasteiger partial charge in [0, 0.05) is 30.6 Å². The Labute approximate surface area is 196 Å². The van der Waals surface area contributed by atoms with Crippen LogP contribution in [0.4, 0.5) is 10.2 Å². The van der Waals surface area contributed by atoms with Crippen molar-refractivity contribution in [1.82, 2.24) is 24.1 Å². The van der Waals surface area contributed by atoms with Crippen LogP contribution in [0.5, 0.6) is 0 Å². The number of aryl methyl sites for hydroxylation is 1. The SMILES string of the molecule is Cc1cc(F)c(C(=O)Nc2cccc(-c3ncc4n3CC(C)C4)n2)cc1-n1cnc(C2CC2)c1. The summed E-state index contributed by atoms with van der Waals surface area (Å²) in [5.74, 6) is 1.10. The fourth-order valence-electron chi connectivity index (χ4n) is 4.70. The molecule has 4 heterocycles. The topological polar surface area (TPSA) is 77.6 Å². The zero-order valence-corrected chi connectivity index (χ0v) is 19.1. The summed E-state index contributed by atoms with van der Waals surface area (Å²) in [7, 11) is 0. The molecule has 1 atom stereocenters. The van der Waals surface area contributed by atoms with E-state index in [-0.39, 0.29) is 5.56 Å². The molecule has 1 aliphatic carbocycles. The summed E-state index contributed by atoms with van der Waals surface area (Å²) in [6, 6.07) is 8.35. The lowest BCUT2D eigenvalue weighted by Gasteiger charge is -2.12. The fraction of sp³-hybridized carbons (Fsp3) is 0.308. The third-order valence-electron chi connectivity index (χ3n) is 6.62. The number of amides is 1. The number of pyridine rings is 1. The van der Waals surface area contributed by atoms with E-state index in [1.165, 1.54) is 11.8 Å². The Balaban J connectivity index is 1.27. The lowest BCUT2D eigenvalue weighted by atomic mass is 10.1. The summed E-state index contributed by atoms with van der Waals surface area (Å²) >= 11 is 0. The standard InChI is InChI=1S/C26H25FN6O/c1-15-8-18-11-28-25(33(18)12-15)21-4-3-5-24(30-21)31-26(34)19-10-23(16(2)9-20(19)27)32-13-22(29-14-32)17-6-7-17/h3-5,9-11,13-15,17H,6-8,12H2,1-2H3,(H,30,31,34). The Morgan fingerprint density at radius 1 is 1.21 bits per heavy atom. The Morgan fingerprint density at radius 2 is 2.06 bits per heavy atom. The van der Waals surface area contributed by atoms with Gasteiger partial charge in [0.1, 0.15) is 17.3 Å². The van der Waals surface area contributed by atoms with Crippen LogP contribution in [0.2, 0.25) is 0 Å². The predicted molar refractivity (Wildman–Crippen MR) is 127 cm³/mol. The van der Waals surface area contributed by atoms with Crippen LogP contribution >= 0.6 is 0 Å². The summed E-state index contributed by atoms with van der Waals surface area (Å²) < 4.78 is 18.8. The zero-order chi connectivity index (χ0) is 23.4. The first-order valence-electron chi connectivity index (χ1n) is 11.6. The van der Waals surface area contributed by atoms with Crippen LogP contribution in [-0.2, 0) is 13.0 Å². The van der Waals surface area contributed by atoms with Gasteiger partial charge in [-0.05, 0) is 61.9 Å². The number of rotatable bonds is 5. The van der Waals surface area contributed by atoms with Crippen LogP contribution in [0.3, 0.4) is 0 Å². The highest BCUT2D eigenvalue weighted by Gasteiger charge is 2.26. The molecule has 172 valence electrons. The van der Waals surface area contributed by atoms with Crippen molar-refractivity contribution in [2.24, 2.45) is 5.92 Å². The molecule has 0 radical (unpaired) electrons. The van der Waals surface area contributed by atoms with Gasteiger partial charge in [0.05, 0.1) is 23.3 Å². The summed E-state index contributed by atoms with van der Waals surface area (Å²) in [6.45, 7) is 4.94. The van der Waals surface area contributed by atoms with Crippen molar-refractivity contribution in [3.05, 3.63) is 77.4 Å². The Morgan fingerprint density at radius 3 is 2.88 bits per heavy atom. The first-order chi connectivity index (χ1) is 16.5. The van der Waals surface area contributed by atoms with Gasteiger partial charge in [0.25, 0.3) is 5.91 Å². The maximum absolute atomic E-state index is 14.8. The molecule has 1 fully saturated rings. The third kappa shape index (κ3) is 3.69. The average Bonchev–Trinajstić information content (AvgIpc) is 3.23. The first kappa shape index (κ1) is 20.8. The number of halogens is 1.